The summed E-state index contributed by atoms with van der Waals surface area (Å²) in [7, 11) is 0. The minimum Gasteiger partial charge on any atom is -0.445 e. The maximum absolute atomic E-state index is 12.2. The summed E-state index contributed by atoms with van der Waals surface area (Å²) in [6, 6.07) is 13.0. The number of rotatable bonds is 3. The SMILES string of the molecule is O=Cc1cc(Cl)cc2c1CN(C(=O)OCc1ccccc1)CC2. The predicted octanol–water partition coefficient (Wildman–Crippen LogP) is 3.85. The average molecular weight is 330 g/mol. The van der Waals surface area contributed by atoms with Crippen molar-refractivity contribution in [2.24, 2.45) is 0 Å². The largest absolute Gasteiger partial charge is 0.445 e. The van der Waals surface area contributed by atoms with Gasteiger partial charge in [0.05, 0.1) is 0 Å². The summed E-state index contributed by atoms with van der Waals surface area (Å²) >= 11 is 6.01. The van der Waals surface area contributed by atoms with Crippen molar-refractivity contribution in [3.05, 3.63) is 69.7 Å². The van der Waals surface area contributed by atoms with Gasteiger partial charge in [0.15, 0.2) is 0 Å². The van der Waals surface area contributed by atoms with Gasteiger partial charge in [0.25, 0.3) is 0 Å². The maximum atomic E-state index is 12.2. The topological polar surface area (TPSA) is 46.6 Å². The normalized spacial score (nSPS) is 13.3. The second kappa shape index (κ2) is 6.84. The molecule has 0 saturated heterocycles. The van der Waals surface area contributed by atoms with Gasteiger partial charge in [0.2, 0.25) is 0 Å². The minimum absolute atomic E-state index is 0.240. The molecular weight excluding hydrogens is 314 g/mol. The highest BCUT2D eigenvalue weighted by molar-refractivity contribution is 6.31. The zero-order chi connectivity index (χ0) is 16.2. The van der Waals surface area contributed by atoms with Crippen LogP contribution in [0.4, 0.5) is 4.79 Å². The Kier molecular flexibility index (Phi) is 4.63. The van der Waals surface area contributed by atoms with Crippen LogP contribution in [0.1, 0.15) is 27.0 Å². The first kappa shape index (κ1) is 15.6. The van der Waals surface area contributed by atoms with Crippen LogP contribution >= 0.6 is 11.6 Å². The van der Waals surface area contributed by atoms with Gasteiger partial charge in [-0.3, -0.25) is 4.79 Å². The fourth-order valence-electron chi connectivity index (χ4n) is 2.73. The third-order valence-corrected chi connectivity index (χ3v) is 4.15. The summed E-state index contributed by atoms with van der Waals surface area (Å²) in [5.41, 5.74) is 3.35. The standard InChI is InChI=1S/C18H16ClNO3/c19-16-8-14-6-7-20(10-17(14)15(9-16)11-21)18(22)23-12-13-4-2-1-3-5-13/h1-5,8-9,11H,6-7,10,12H2. The molecule has 3 rings (SSSR count). The molecule has 23 heavy (non-hydrogen) atoms. The molecule has 0 bridgehead atoms. The van der Waals surface area contributed by atoms with E-state index in [0.29, 0.717) is 30.1 Å². The van der Waals surface area contributed by atoms with Gasteiger partial charge >= 0.3 is 6.09 Å². The van der Waals surface area contributed by atoms with Crippen LogP contribution in [0.5, 0.6) is 0 Å². The van der Waals surface area contributed by atoms with Gasteiger partial charge < -0.3 is 9.64 Å². The number of carbonyl (C=O) groups is 2. The van der Waals surface area contributed by atoms with E-state index in [1.165, 1.54) is 0 Å². The van der Waals surface area contributed by atoms with E-state index >= 15 is 0 Å². The molecule has 0 aliphatic carbocycles. The van der Waals surface area contributed by atoms with Crippen LogP contribution in [0.15, 0.2) is 42.5 Å². The highest BCUT2D eigenvalue weighted by Crippen LogP contribution is 2.26. The molecule has 1 amide bonds. The lowest BCUT2D eigenvalue weighted by Crippen LogP contribution is -2.36. The van der Waals surface area contributed by atoms with Crippen molar-refractivity contribution < 1.29 is 14.3 Å². The van der Waals surface area contributed by atoms with Crippen LogP contribution in [-0.2, 0) is 24.3 Å². The van der Waals surface area contributed by atoms with Gasteiger partial charge in [-0.15, -0.1) is 0 Å². The van der Waals surface area contributed by atoms with E-state index in [4.69, 9.17) is 16.3 Å². The second-order valence-electron chi connectivity index (χ2n) is 5.46. The van der Waals surface area contributed by atoms with E-state index in [1.54, 1.807) is 11.0 Å². The van der Waals surface area contributed by atoms with Crippen LogP contribution in [-0.4, -0.2) is 23.8 Å². The first-order valence-corrected chi connectivity index (χ1v) is 7.77. The first-order valence-electron chi connectivity index (χ1n) is 7.39. The number of fused-ring (bicyclic) bond motifs is 1. The van der Waals surface area contributed by atoms with Gasteiger partial charge in [-0.05, 0) is 35.2 Å². The fourth-order valence-corrected chi connectivity index (χ4v) is 2.98. The zero-order valence-electron chi connectivity index (χ0n) is 12.5. The van der Waals surface area contributed by atoms with Crippen LogP contribution in [0, 0.1) is 0 Å². The molecule has 2 aromatic rings. The molecule has 0 spiro atoms. The second-order valence-corrected chi connectivity index (χ2v) is 5.90. The Morgan fingerprint density at radius 1 is 1.26 bits per heavy atom. The van der Waals surface area contributed by atoms with Crippen molar-refractivity contribution in [3.8, 4) is 0 Å². The Morgan fingerprint density at radius 3 is 2.78 bits per heavy atom. The lowest BCUT2D eigenvalue weighted by molar-refractivity contribution is 0.0913. The van der Waals surface area contributed by atoms with E-state index in [2.05, 4.69) is 0 Å². The average Bonchev–Trinajstić information content (AvgIpc) is 2.59. The Morgan fingerprint density at radius 2 is 2.04 bits per heavy atom. The lowest BCUT2D eigenvalue weighted by Gasteiger charge is -2.29. The molecule has 4 nitrogen and oxygen atoms in total. The van der Waals surface area contributed by atoms with Crippen LogP contribution < -0.4 is 0 Å². The van der Waals surface area contributed by atoms with Crippen molar-refractivity contribution in [3.63, 3.8) is 0 Å². The Bertz CT molecular complexity index is 731. The summed E-state index contributed by atoms with van der Waals surface area (Å²) in [5, 5.41) is 0.547. The quantitative estimate of drug-likeness (QED) is 0.804. The molecule has 0 atom stereocenters. The van der Waals surface area contributed by atoms with Gasteiger partial charge in [-0.1, -0.05) is 41.9 Å². The molecule has 5 heteroatoms. The van der Waals surface area contributed by atoms with Gasteiger partial charge in [-0.25, -0.2) is 4.79 Å². The molecule has 0 fully saturated rings. The molecule has 0 unspecified atom stereocenters. The Hall–Kier alpha value is -2.33. The highest BCUT2D eigenvalue weighted by atomic mass is 35.5. The highest BCUT2D eigenvalue weighted by Gasteiger charge is 2.24. The zero-order valence-corrected chi connectivity index (χ0v) is 13.3. The van der Waals surface area contributed by atoms with Gasteiger partial charge in [0, 0.05) is 23.7 Å². The first-order chi connectivity index (χ1) is 11.2. The third-order valence-electron chi connectivity index (χ3n) is 3.93. The molecule has 2 aromatic carbocycles. The third kappa shape index (κ3) is 3.54. The van der Waals surface area contributed by atoms with Crippen molar-refractivity contribution in [2.45, 2.75) is 19.6 Å². The van der Waals surface area contributed by atoms with Crippen molar-refractivity contribution in [1.82, 2.24) is 4.90 Å². The molecule has 0 N–H and O–H groups in total. The van der Waals surface area contributed by atoms with Crippen molar-refractivity contribution in [2.75, 3.05) is 6.54 Å². The predicted molar refractivity (Wildman–Crippen MR) is 87.6 cm³/mol. The summed E-state index contributed by atoms with van der Waals surface area (Å²) < 4.78 is 5.35. The number of hydrogen-bond donors (Lipinski definition) is 0. The summed E-state index contributed by atoms with van der Waals surface area (Å²) in [4.78, 5) is 25.1. The summed E-state index contributed by atoms with van der Waals surface area (Å²) in [5.74, 6) is 0. The molecular formula is C18H16ClNO3. The Labute approximate surface area is 139 Å². The Balaban J connectivity index is 1.69. The van der Waals surface area contributed by atoms with Gasteiger partial charge in [-0.2, -0.15) is 0 Å². The van der Waals surface area contributed by atoms with Crippen molar-refractivity contribution >= 4 is 24.0 Å². The molecule has 1 aliphatic rings. The lowest BCUT2D eigenvalue weighted by atomic mass is 9.95. The maximum Gasteiger partial charge on any atom is 0.410 e. The van der Waals surface area contributed by atoms with E-state index in [0.717, 1.165) is 23.0 Å². The van der Waals surface area contributed by atoms with E-state index in [-0.39, 0.29) is 12.7 Å². The number of carbonyl (C=O) groups excluding carboxylic acids is 2. The molecule has 0 saturated carbocycles. The van der Waals surface area contributed by atoms with E-state index in [1.807, 2.05) is 36.4 Å². The number of hydrogen-bond acceptors (Lipinski definition) is 3. The molecule has 1 heterocycles. The molecule has 0 aromatic heterocycles. The van der Waals surface area contributed by atoms with Crippen LogP contribution in [0.25, 0.3) is 0 Å². The number of halogens is 1. The molecule has 1 aliphatic heterocycles. The number of benzene rings is 2. The van der Waals surface area contributed by atoms with E-state index < -0.39 is 0 Å². The summed E-state index contributed by atoms with van der Waals surface area (Å²) in [6.07, 6.45) is 1.08. The molecule has 0 radical (unpaired) electrons. The number of ether oxygens (including phenoxy) is 1. The number of aldehydes is 1. The van der Waals surface area contributed by atoms with Crippen molar-refractivity contribution in [1.29, 1.82) is 0 Å². The molecule has 118 valence electrons. The fraction of sp³-hybridized carbons (Fsp3) is 0.222. The smallest absolute Gasteiger partial charge is 0.410 e. The van der Waals surface area contributed by atoms with Crippen LogP contribution in [0.3, 0.4) is 0 Å². The number of amides is 1. The van der Waals surface area contributed by atoms with E-state index in [9.17, 15) is 9.59 Å². The van der Waals surface area contributed by atoms with Gasteiger partial charge in [0.1, 0.15) is 12.9 Å². The monoisotopic (exact) mass is 329 g/mol. The number of nitrogens with zero attached hydrogens (tertiary/aromatic N) is 1. The van der Waals surface area contributed by atoms with Crippen LogP contribution in [0.2, 0.25) is 5.02 Å². The summed E-state index contributed by atoms with van der Waals surface area (Å²) in [6.45, 7) is 1.16. The minimum atomic E-state index is -0.369.